The summed E-state index contributed by atoms with van der Waals surface area (Å²) in [7, 11) is 0. The topological polar surface area (TPSA) is 3.24 Å². The molecule has 0 radical (unpaired) electrons. The Balaban J connectivity index is 2.01. The second kappa shape index (κ2) is 4.66. The average Bonchev–Trinajstić information content (AvgIpc) is 2.90. The van der Waals surface area contributed by atoms with E-state index in [-0.39, 0.29) is 6.04 Å². The molecule has 2 rings (SSSR count). The van der Waals surface area contributed by atoms with Crippen LogP contribution in [0.15, 0.2) is 15.9 Å². The summed E-state index contributed by atoms with van der Waals surface area (Å²) in [5.41, 5.74) is 0. The second-order valence-corrected chi connectivity index (χ2v) is 5.80. The summed E-state index contributed by atoms with van der Waals surface area (Å²) >= 11 is 4.84. The van der Waals surface area contributed by atoms with E-state index in [4.69, 9.17) is 0 Å². The van der Waals surface area contributed by atoms with Gasteiger partial charge >= 0.3 is 6.18 Å². The van der Waals surface area contributed by atoms with Crippen LogP contribution < -0.4 is 0 Å². The summed E-state index contributed by atoms with van der Waals surface area (Å²) in [5.74, 6) is 0. The molecule has 1 heterocycles. The highest BCUT2D eigenvalue weighted by molar-refractivity contribution is 9.10. The largest absolute Gasteiger partial charge is 0.401 e. The van der Waals surface area contributed by atoms with Crippen LogP contribution in [0.2, 0.25) is 0 Å². The monoisotopic (exact) mass is 313 g/mol. The second-order valence-electron chi connectivity index (χ2n) is 3.94. The molecule has 0 amide bonds. The molecule has 0 saturated heterocycles. The van der Waals surface area contributed by atoms with Crippen molar-refractivity contribution in [3.05, 3.63) is 20.8 Å². The Labute approximate surface area is 104 Å². The molecule has 6 heteroatoms. The van der Waals surface area contributed by atoms with E-state index < -0.39 is 12.7 Å². The molecule has 1 aliphatic carbocycles. The number of alkyl halides is 3. The third-order valence-electron chi connectivity index (χ3n) is 2.48. The molecule has 0 unspecified atom stereocenters. The van der Waals surface area contributed by atoms with Gasteiger partial charge in [0.2, 0.25) is 0 Å². The van der Waals surface area contributed by atoms with Gasteiger partial charge in [-0.1, -0.05) is 0 Å². The van der Waals surface area contributed by atoms with Gasteiger partial charge in [0.05, 0.1) is 6.54 Å². The van der Waals surface area contributed by atoms with Gasteiger partial charge in [-0.2, -0.15) is 13.2 Å². The maximum absolute atomic E-state index is 12.4. The number of rotatable bonds is 4. The first-order valence-corrected chi connectivity index (χ1v) is 6.65. The van der Waals surface area contributed by atoms with E-state index in [0.29, 0.717) is 6.54 Å². The molecule has 0 bridgehead atoms. The van der Waals surface area contributed by atoms with E-state index in [1.807, 2.05) is 11.4 Å². The van der Waals surface area contributed by atoms with Gasteiger partial charge in [-0.3, -0.25) is 4.90 Å². The fourth-order valence-electron chi connectivity index (χ4n) is 1.61. The van der Waals surface area contributed by atoms with Crippen LogP contribution in [-0.4, -0.2) is 23.7 Å². The molecule has 0 atom stereocenters. The number of hydrogen-bond donors (Lipinski definition) is 0. The lowest BCUT2D eigenvalue weighted by molar-refractivity contribution is -0.148. The maximum atomic E-state index is 12.4. The fourth-order valence-corrected chi connectivity index (χ4v) is 3.11. The molecule has 1 aromatic heterocycles. The summed E-state index contributed by atoms with van der Waals surface area (Å²) in [6, 6.07) is 1.99. The number of nitrogens with zero attached hydrogens (tertiary/aromatic N) is 1. The first kappa shape index (κ1) is 12.4. The molecule has 90 valence electrons. The lowest BCUT2D eigenvalue weighted by Gasteiger charge is -2.22. The van der Waals surface area contributed by atoms with Gasteiger partial charge in [-0.05, 0) is 40.2 Å². The standard InChI is InChI=1S/C10H11BrF3NS/c11-8-3-4-16-9(8)5-15(7-1-2-7)6-10(12,13)14/h3-4,7H,1-2,5-6H2. The summed E-state index contributed by atoms with van der Waals surface area (Å²) in [4.78, 5) is 2.49. The van der Waals surface area contributed by atoms with Gasteiger partial charge in [0.25, 0.3) is 0 Å². The molecule has 1 saturated carbocycles. The van der Waals surface area contributed by atoms with E-state index in [0.717, 1.165) is 22.2 Å². The minimum atomic E-state index is -4.10. The Bertz CT molecular complexity index is 359. The van der Waals surface area contributed by atoms with Crippen molar-refractivity contribution in [2.24, 2.45) is 0 Å². The highest BCUT2D eigenvalue weighted by Gasteiger charge is 2.38. The zero-order chi connectivity index (χ0) is 11.8. The summed E-state index contributed by atoms with van der Waals surface area (Å²) < 4.78 is 38.0. The van der Waals surface area contributed by atoms with E-state index in [2.05, 4.69) is 15.9 Å². The average molecular weight is 314 g/mol. The van der Waals surface area contributed by atoms with Crippen molar-refractivity contribution in [1.29, 1.82) is 0 Å². The normalized spacial score (nSPS) is 17.1. The van der Waals surface area contributed by atoms with Gasteiger partial charge in [0.15, 0.2) is 0 Å². The van der Waals surface area contributed by atoms with Gasteiger partial charge in [0, 0.05) is 21.9 Å². The van der Waals surface area contributed by atoms with Crippen molar-refractivity contribution in [2.75, 3.05) is 6.54 Å². The Morgan fingerprint density at radius 2 is 2.12 bits per heavy atom. The molecule has 0 spiro atoms. The molecule has 16 heavy (non-hydrogen) atoms. The number of hydrogen-bond acceptors (Lipinski definition) is 2. The van der Waals surface area contributed by atoms with Gasteiger partial charge in [0.1, 0.15) is 0 Å². The molecule has 0 N–H and O–H groups in total. The summed E-state index contributed by atoms with van der Waals surface area (Å²) in [5, 5.41) is 1.89. The van der Waals surface area contributed by atoms with Crippen molar-refractivity contribution in [3.63, 3.8) is 0 Å². The Kier molecular flexibility index (Phi) is 3.61. The molecular weight excluding hydrogens is 303 g/mol. The molecule has 1 nitrogen and oxygen atoms in total. The highest BCUT2D eigenvalue weighted by atomic mass is 79.9. The molecule has 0 aliphatic heterocycles. The van der Waals surface area contributed by atoms with Crippen molar-refractivity contribution in [3.8, 4) is 0 Å². The predicted octanol–water partition coefficient (Wildman–Crippen LogP) is 4.04. The molecule has 1 aliphatic rings. The van der Waals surface area contributed by atoms with Gasteiger partial charge < -0.3 is 0 Å². The lowest BCUT2D eigenvalue weighted by atomic mass is 10.4. The Morgan fingerprint density at radius 1 is 1.44 bits per heavy atom. The third kappa shape index (κ3) is 3.46. The van der Waals surface area contributed by atoms with Crippen LogP contribution >= 0.6 is 27.3 Å². The Morgan fingerprint density at radius 3 is 2.56 bits per heavy atom. The van der Waals surface area contributed by atoms with Gasteiger partial charge in [-0.15, -0.1) is 11.3 Å². The van der Waals surface area contributed by atoms with Crippen LogP contribution in [0.1, 0.15) is 17.7 Å². The smallest absolute Gasteiger partial charge is 0.287 e. The van der Waals surface area contributed by atoms with E-state index >= 15 is 0 Å². The quantitative estimate of drug-likeness (QED) is 0.811. The van der Waals surface area contributed by atoms with E-state index in [1.54, 1.807) is 0 Å². The first-order chi connectivity index (χ1) is 7.46. The van der Waals surface area contributed by atoms with Crippen molar-refractivity contribution in [2.45, 2.75) is 31.6 Å². The van der Waals surface area contributed by atoms with Crippen LogP contribution in [-0.2, 0) is 6.54 Å². The van der Waals surface area contributed by atoms with Crippen LogP contribution in [0.5, 0.6) is 0 Å². The van der Waals surface area contributed by atoms with E-state index in [9.17, 15) is 13.2 Å². The molecule has 0 aromatic carbocycles. The summed E-state index contributed by atoms with van der Waals surface area (Å²) in [6.45, 7) is -0.412. The first-order valence-electron chi connectivity index (χ1n) is 4.98. The lowest BCUT2D eigenvalue weighted by Crippen LogP contribution is -2.35. The molecule has 1 fully saturated rings. The fraction of sp³-hybridized carbons (Fsp3) is 0.600. The minimum absolute atomic E-state index is 0.121. The van der Waals surface area contributed by atoms with Crippen LogP contribution in [0, 0.1) is 0 Å². The molecule has 1 aromatic rings. The van der Waals surface area contributed by atoms with Crippen molar-refractivity contribution >= 4 is 27.3 Å². The zero-order valence-electron chi connectivity index (χ0n) is 8.43. The minimum Gasteiger partial charge on any atom is -0.287 e. The van der Waals surface area contributed by atoms with Crippen molar-refractivity contribution in [1.82, 2.24) is 4.90 Å². The van der Waals surface area contributed by atoms with Crippen LogP contribution in [0.25, 0.3) is 0 Å². The molecular formula is C10H11BrF3NS. The third-order valence-corrected chi connectivity index (χ3v) is 4.39. The number of halogens is 4. The predicted molar refractivity (Wildman–Crippen MR) is 61.5 cm³/mol. The maximum Gasteiger partial charge on any atom is 0.401 e. The Hall–Kier alpha value is -0.0700. The van der Waals surface area contributed by atoms with E-state index in [1.165, 1.54) is 16.2 Å². The number of thiophene rings is 1. The van der Waals surface area contributed by atoms with Crippen molar-refractivity contribution < 1.29 is 13.2 Å². The van der Waals surface area contributed by atoms with Crippen LogP contribution in [0.4, 0.5) is 13.2 Å². The highest BCUT2D eigenvalue weighted by Crippen LogP contribution is 2.33. The van der Waals surface area contributed by atoms with Gasteiger partial charge in [-0.25, -0.2) is 0 Å². The van der Waals surface area contributed by atoms with Crippen LogP contribution in [0.3, 0.4) is 0 Å². The zero-order valence-corrected chi connectivity index (χ0v) is 10.8. The summed E-state index contributed by atoms with van der Waals surface area (Å²) in [6.07, 6.45) is -2.33. The SMILES string of the molecule is FC(F)(F)CN(Cc1sccc1Br)C1CC1.